The Kier molecular flexibility index (Phi) is 4.34. The van der Waals surface area contributed by atoms with Gasteiger partial charge in [0.15, 0.2) is 0 Å². The number of amides is 1. The standard InChI is InChI=1S/C24H32N2O3/c1-14-8-15(2)22-17(12-28-23(22)16(14)3)9-21(27)26-11-19-18(10-25(4)5)20-6-7-24(19,13-26)29-20/h8,12,18-20H,6-7,9-11,13H2,1-5H3/t18-,19+,20+,24+/m0/s1. The number of likely N-dealkylation sites (tertiary alicyclic amines) is 1. The monoisotopic (exact) mass is 396 g/mol. The summed E-state index contributed by atoms with van der Waals surface area (Å²) >= 11 is 0. The fraction of sp³-hybridized carbons (Fsp3) is 0.625. The molecule has 3 aliphatic rings. The smallest absolute Gasteiger partial charge is 0.227 e. The second-order valence-corrected chi connectivity index (χ2v) is 9.84. The molecule has 2 bridgehead atoms. The summed E-state index contributed by atoms with van der Waals surface area (Å²) < 4.78 is 12.4. The van der Waals surface area contributed by atoms with E-state index in [1.54, 1.807) is 6.26 Å². The molecule has 0 saturated carbocycles. The van der Waals surface area contributed by atoms with Gasteiger partial charge in [-0.1, -0.05) is 6.07 Å². The third-order valence-corrected chi connectivity index (χ3v) is 7.68. The summed E-state index contributed by atoms with van der Waals surface area (Å²) in [7, 11) is 4.26. The van der Waals surface area contributed by atoms with Crippen LogP contribution in [0.2, 0.25) is 0 Å². The number of fused-ring (bicyclic) bond motifs is 2. The second kappa shape index (κ2) is 6.58. The molecule has 0 unspecified atom stereocenters. The Morgan fingerprint density at radius 1 is 1.28 bits per heavy atom. The van der Waals surface area contributed by atoms with Crippen LogP contribution in [-0.2, 0) is 16.0 Å². The number of carbonyl (C=O) groups excluding carboxylic acids is 1. The average molecular weight is 397 g/mol. The summed E-state index contributed by atoms with van der Waals surface area (Å²) in [4.78, 5) is 17.6. The van der Waals surface area contributed by atoms with Gasteiger partial charge in [-0.05, 0) is 64.4 Å². The van der Waals surface area contributed by atoms with Crippen LogP contribution in [0, 0.1) is 32.6 Å². The number of hydrogen-bond acceptors (Lipinski definition) is 4. The Morgan fingerprint density at radius 2 is 2.07 bits per heavy atom. The molecule has 3 aliphatic heterocycles. The summed E-state index contributed by atoms with van der Waals surface area (Å²) in [6, 6.07) is 2.19. The van der Waals surface area contributed by atoms with E-state index in [1.807, 2.05) is 0 Å². The predicted octanol–water partition coefficient (Wildman–Crippen LogP) is 3.47. The van der Waals surface area contributed by atoms with E-state index in [2.05, 4.69) is 50.7 Å². The van der Waals surface area contributed by atoms with Crippen molar-refractivity contribution in [3.63, 3.8) is 0 Å². The molecule has 1 aromatic heterocycles. The predicted molar refractivity (Wildman–Crippen MR) is 113 cm³/mol. The summed E-state index contributed by atoms with van der Waals surface area (Å²) in [6.07, 6.45) is 4.81. The van der Waals surface area contributed by atoms with Gasteiger partial charge in [0.2, 0.25) is 5.91 Å². The number of nitrogens with zero attached hydrogens (tertiary/aromatic N) is 2. The largest absolute Gasteiger partial charge is 0.464 e. The van der Waals surface area contributed by atoms with Gasteiger partial charge >= 0.3 is 0 Å². The molecule has 1 aromatic carbocycles. The highest BCUT2D eigenvalue weighted by Gasteiger charge is 2.63. The van der Waals surface area contributed by atoms with Crippen LogP contribution in [0.15, 0.2) is 16.7 Å². The van der Waals surface area contributed by atoms with Gasteiger partial charge in [0.25, 0.3) is 0 Å². The van der Waals surface area contributed by atoms with Crippen molar-refractivity contribution in [1.82, 2.24) is 9.80 Å². The Labute approximate surface area is 173 Å². The number of carbonyl (C=O) groups is 1. The van der Waals surface area contributed by atoms with Gasteiger partial charge in [-0.15, -0.1) is 0 Å². The number of aryl methyl sites for hydroxylation is 3. The quantitative estimate of drug-likeness (QED) is 0.794. The molecule has 0 aliphatic carbocycles. The van der Waals surface area contributed by atoms with E-state index in [0.29, 0.717) is 24.4 Å². The van der Waals surface area contributed by atoms with Gasteiger partial charge in [-0.25, -0.2) is 0 Å². The van der Waals surface area contributed by atoms with Crippen LogP contribution in [0.1, 0.15) is 35.1 Å². The van der Waals surface area contributed by atoms with Gasteiger partial charge in [0.05, 0.1) is 30.9 Å². The zero-order valence-corrected chi connectivity index (χ0v) is 18.2. The normalized spacial score (nSPS) is 30.7. The van der Waals surface area contributed by atoms with Gasteiger partial charge in [0, 0.05) is 35.9 Å². The van der Waals surface area contributed by atoms with E-state index in [-0.39, 0.29) is 11.5 Å². The lowest BCUT2D eigenvalue weighted by molar-refractivity contribution is -0.131. The van der Waals surface area contributed by atoms with Crippen molar-refractivity contribution >= 4 is 16.9 Å². The van der Waals surface area contributed by atoms with E-state index >= 15 is 0 Å². The van der Waals surface area contributed by atoms with Gasteiger partial charge < -0.3 is 19.0 Å². The van der Waals surface area contributed by atoms with Crippen LogP contribution in [0.5, 0.6) is 0 Å². The van der Waals surface area contributed by atoms with E-state index < -0.39 is 0 Å². The Balaban J connectivity index is 1.37. The van der Waals surface area contributed by atoms with Crippen molar-refractivity contribution in [2.75, 3.05) is 33.7 Å². The van der Waals surface area contributed by atoms with Crippen LogP contribution < -0.4 is 0 Å². The molecule has 29 heavy (non-hydrogen) atoms. The number of furan rings is 1. The van der Waals surface area contributed by atoms with Crippen LogP contribution in [0.4, 0.5) is 0 Å². The minimum absolute atomic E-state index is 0.0942. The lowest BCUT2D eigenvalue weighted by Gasteiger charge is -2.30. The summed E-state index contributed by atoms with van der Waals surface area (Å²) in [5.74, 6) is 1.21. The third-order valence-electron chi connectivity index (χ3n) is 7.68. The second-order valence-electron chi connectivity index (χ2n) is 9.84. The van der Waals surface area contributed by atoms with Crippen molar-refractivity contribution in [3.05, 3.63) is 34.6 Å². The van der Waals surface area contributed by atoms with Crippen molar-refractivity contribution < 1.29 is 13.9 Å². The molecule has 156 valence electrons. The molecule has 3 fully saturated rings. The Morgan fingerprint density at radius 3 is 2.83 bits per heavy atom. The first-order valence-corrected chi connectivity index (χ1v) is 10.9. The molecule has 3 saturated heterocycles. The zero-order chi connectivity index (χ0) is 20.5. The molecule has 4 heterocycles. The summed E-state index contributed by atoms with van der Waals surface area (Å²) in [6.45, 7) is 8.94. The number of hydrogen-bond donors (Lipinski definition) is 0. The molecule has 5 rings (SSSR count). The minimum Gasteiger partial charge on any atom is -0.464 e. The average Bonchev–Trinajstić information content (AvgIpc) is 3.39. The van der Waals surface area contributed by atoms with E-state index in [0.717, 1.165) is 54.6 Å². The molecule has 1 spiro atoms. The topological polar surface area (TPSA) is 45.9 Å². The third kappa shape index (κ3) is 2.85. The maximum absolute atomic E-state index is 13.3. The van der Waals surface area contributed by atoms with Crippen molar-refractivity contribution in [3.8, 4) is 0 Å². The maximum atomic E-state index is 13.3. The van der Waals surface area contributed by atoms with Gasteiger partial charge in [-0.2, -0.15) is 0 Å². The molecule has 1 amide bonds. The Hall–Kier alpha value is -1.85. The molecule has 0 radical (unpaired) electrons. The molecular formula is C24H32N2O3. The van der Waals surface area contributed by atoms with E-state index in [1.165, 1.54) is 11.1 Å². The SMILES string of the molecule is Cc1cc(C)c2c(CC(=O)N3C[C@@H]4[C@H](CN(C)C)[C@H]5CC[C@]4(C3)O5)coc2c1C. The maximum Gasteiger partial charge on any atom is 0.227 e. The highest BCUT2D eigenvalue weighted by Crippen LogP contribution is 2.55. The van der Waals surface area contributed by atoms with Crippen LogP contribution >= 0.6 is 0 Å². The summed E-state index contributed by atoms with van der Waals surface area (Å²) in [5.41, 5.74) is 5.42. The van der Waals surface area contributed by atoms with Gasteiger partial charge in [-0.3, -0.25) is 4.79 Å². The lowest BCUT2D eigenvalue weighted by Crippen LogP contribution is -2.40. The molecule has 2 aromatic rings. The van der Waals surface area contributed by atoms with Crippen LogP contribution in [0.25, 0.3) is 11.0 Å². The molecule has 5 heteroatoms. The molecule has 4 atom stereocenters. The van der Waals surface area contributed by atoms with Crippen molar-refractivity contribution in [2.45, 2.75) is 51.7 Å². The first kappa shape index (κ1) is 19.1. The highest BCUT2D eigenvalue weighted by molar-refractivity contribution is 5.92. The number of benzene rings is 1. The first-order chi connectivity index (χ1) is 13.8. The zero-order valence-electron chi connectivity index (χ0n) is 18.2. The fourth-order valence-electron chi connectivity index (χ4n) is 6.24. The molecular weight excluding hydrogens is 364 g/mol. The van der Waals surface area contributed by atoms with Crippen LogP contribution in [-0.4, -0.2) is 61.1 Å². The van der Waals surface area contributed by atoms with Crippen molar-refractivity contribution in [1.29, 1.82) is 0 Å². The fourth-order valence-corrected chi connectivity index (χ4v) is 6.24. The van der Waals surface area contributed by atoms with Gasteiger partial charge in [0.1, 0.15) is 5.58 Å². The van der Waals surface area contributed by atoms with Crippen LogP contribution in [0.3, 0.4) is 0 Å². The minimum atomic E-state index is -0.0942. The van der Waals surface area contributed by atoms with E-state index in [9.17, 15) is 4.79 Å². The highest BCUT2D eigenvalue weighted by atomic mass is 16.5. The van der Waals surface area contributed by atoms with E-state index in [4.69, 9.17) is 9.15 Å². The number of ether oxygens (including phenoxy) is 1. The molecule has 5 nitrogen and oxygen atoms in total. The Bertz CT molecular complexity index is 978. The molecule has 0 N–H and O–H groups in total. The summed E-state index contributed by atoms with van der Waals surface area (Å²) in [5, 5.41) is 1.11. The number of rotatable bonds is 4. The first-order valence-electron chi connectivity index (χ1n) is 10.9. The van der Waals surface area contributed by atoms with Crippen molar-refractivity contribution in [2.24, 2.45) is 11.8 Å². The lowest BCUT2D eigenvalue weighted by atomic mass is 9.73.